The van der Waals surface area contributed by atoms with Crippen LogP contribution in [0.3, 0.4) is 0 Å². The SMILES string of the molecule is CC(Nc1ncccc1Cl)c1cccc(S(N)(=O)=O)c1. The number of rotatable bonds is 4. The van der Waals surface area contributed by atoms with Crippen LogP contribution in [0.2, 0.25) is 5.02 Å². The van der Waals surface area contributed by atoms with Crippen LogP contribution in [-0.4, -0.2) is 13.4 Å². The van der Waals surface area contributed by atoms with Gasteiger partial charge in [0.1, 0.15) is 5.82 Å². The van der Waals surface area contributed by atoms with Gasteiger partial charge in [-0.3, -0.25) is 0 Å². The summed E-state index contributed by atoms with van der Waals surface area (Å²) in [6.07, 6.45) is 1.63. The Labute approximate surface area is 122 Å². The van der Waals surface area contributed by atoms with Crippen molar-refractivity contribution in [2.75, 3.05) is 5.32 Å². The normalized spacial score (nSPS) is 12.9. The smallest absolute Gasteiger partial charge is 0.238 e. The number of nitrogens with one attached hydrogen (secondary N) is 1. The Bertz CT molecular complexity index is 719. The van der Waals surface area contributed by atoms with Crippen molar-refractivity contribution in [3.8, 4) is 0 Å². The van der Waals surface area contributed by atoms with Gasteiger partial charge in [-0.2, -0.15) is 0 Å². The van der Waals surface area contributed by atoms with Crippen LogP contribution in [0.1, 0.15) is 18.5 Å². The standard InChI is InChI=1S/C13H14ClN3O2S/c1-9(17-13-12(14)6-3-7-16-13)10-4-2-5-11(8-10)20(15,18)19/h2-9H,1H3,(H,16,17)(H2,15,18,19). The molecule has 1 unspecified atom stereocenters. The molecule has 0 amide bonds. The number of benzene rings is 1. The molecule has 0 radical (unpaired) electrons. The molecule has 7 heteroatoms. The molecule has 0 fully saturated rings. The number of nitrogens with zero attached hydrogens (tertiary/aromatic N) is 1. The molecule has 106 valence electrons. The maximum absolute atomic E-state index is 11.3. The first-order chi connectivity index (χ1) is 9.38. The van der Waals surface area contributed by atoms with Gasteiger partial charge in [0.15, 0.2) is 0 Å². The number of nitrogens with two attached hydrogens (primary N) is 1. The molecule has 0 saturated heterocycles. The predicted molar refractivity (Wildman–Crippen MR) is 79.1 cm³/mol. The number of halogens is 1. The summed E-state index contributed by atoms with van der Waals surface area (Å²) in [6, 6.07) is 9.74. The summed E-state index contributed by atoms with van der Waals surface area (Å²) in [4.78, 5) is 4.21. The number of sulfonamides is 1. The highest BCUT2D eigenvalue weighted by Gasteiger charge is 2.12. The lowest BCUT2D eigenvalue weighted by Gasteiger charge is -2.16. The minimum absolute atomic E-state index is 0.0794. The zero-order valence-corrected chi connectivity index (χ0v) is 12.3. The molecule has 0 aliphatic rings. The number of primary sulfonamides is 1. The highest BCUT2D eigenvalue weighted by molar-refractivity contribution is 7.89. The van der Waals surface area contributed by atoms with Gasteiger partial charge < -0.3 is 5.32 Å². The summed E-state index contributed by atoms with van der Waals surface area (Å²) in [7, 11) is -3.71. The second kappa shape index (κ2) is 5.78. The van der Waals surface area contributed by atoms with Gasteiger partial charge in [-0.25, -0.2) is 18.5 Å². The molecule has 0 saturated carbocycles. The van der Waals surface area contributed by atoms with Crippen molar-refractivity contribution in [2.24, 2.45) is 5.14 Å². The molecule has 0 spiro atoms. The van der Waals surface area contributed by atoms with Gasteiger partial charge in [0.05, 0.1) is 16.0 Å². The van der Waals surface area contributed by atoms with Gasteiger partial charge in [0, 0.05) is 6.20 Å². The van der Waals surface area contributed by atoms with Crippen molar-refractivity contribution >= 4 is 27.4 Å². The fourth-order valence-electron chi connectivity index (χ4n) is 1.74. The van der Waals surface area contributed by atoms with Crippen LogP contribution in [0, 0.1) is 0 Å². The van der Waals surface area contributed by atoms with Crippen molar-refractivity contribution in [3.63, 3.8) is 0 Å². The van der Waals surface area contributed by atoms with E-state index in [2.05, 4.69) is 10.3 Å². The quantitative estimate of drug-likeness (QED) is 0.908. The van der Waals surface area contributed by atoms with Gasteiger partial charge in [-0.05, 0) is 36.8 Å². The van der Waals surface area contributed by atoms with E-state index in [9.17, 15) is 8.42 Å². The van der Waals surface area contributed by atoms with Gasteiger partial charge >= 0.3 is 0 Å². The summed E-state index contributed by atoms with van der Waals surface area (Å²) in [5.74, 6) is 0.544. The van der Waals surface area contributed by atoms with Gasteiger partial charge in [0.2, 0.25) is 10.0 Å². The summed E-state index contributed by atoms with van der Waals surface area (Å²) >= 11 is 6.02. The minimum atomic E-state index is -3.71. The first-order valence-corrected chi connectivity index (χ1v) is 7.80. The minimum Gasteiger partial charge on any atom is -0.362 e. The maximum Gasteiger partial charge on any atom is 0.238 e. The summed E-state index contributed by atoms with van der Waals surface area (Å²) < 4.78 is 22.7. The largest absolute Gasteiger partial charge is 0.362 e. The molecule has 0 aliphatic heterocycles. The Kier molecular flexibility index (Phi) is 4.27. The van der Waals surface area contributed by atoms with Crippen molar-refractivity contribution < 1.29 is 8.42 Å². The van der Waals surface area contributed by atoms with E-state index in [-0.39, 0.29) is 10.9 Å². The Morgan fingerprint density at radius 2 is 2.05 bits per heavy atom. The molecular weight excluding hydrogens is 298 g/mol. The molecule has 1 aromatic heterocycles. The number of aromatic nitrogens is 1. The highest BCUT2D eigenvalue weighted by Crippen LogP contribution is 2.24. The van der Waals surface area contributed by atoms with Gasteiger partial charge in [-0.15, -0.1) is 0 Å². The third-order valence-corrected chi connectivity index (χ3v) is 4.01. The highest BCUT2D eigenvalue weighted by atomic mass is 35.5. The first-order valence-electron chi connectivity index (χ1n) is 5.88. The van der Waals surface area contributed by atoms with Crippen LogP contribution in [0.5, 0.6) is 0 Å². The summed E-state index contributed by atoms with van der Waals surface area (Å²) in [5, 5.41) is 8.75. The van der Waals surface area contributed by atoms with Crippen LogP contribution in [0.25, 0.3) is 0 Å². The molecule has 0 aliphatic carbocycles. The first kappa shape index (κ1) is 14.8. The van der Waals surface area contributed by atoms with Crippen molar-refractivity contribution in [2.45, 2.75) is 17.9 Å². The Morgan fingerprint density at radius 1 is 1.30 bits per heavy atom. The van der Waals surface area contributed by atoms with E-state index >= 15 is 0 Å². The van der Waals surface area contributed by atoms with E-state index in [4.69, 9.17) is 16.7 Å². The molecule has 1 aromatic carbocycles. The number of pyridine rings is 1. The fraction of sp³-hybridized carbons (Fsp3) is 0.154. The lowest BCUT2D eigenvalue weighted by molar-refractivity contribution is 0.597. The van der Waals surface area contributed by atoms with E-state index in [0.717, 1.165) is 5.56 Å². The molecule has 3 N–H and O–H groups in total. The second-order valence-electron chi connectivity index (χ2n) is 4.32. The van der Waals surface area contributed by atoms with Crippen molar-refractivity contribution in [3.05, 3.63) is 53.2 Å². The van der Waals surface area contributed by atoms with Crippen molar-refractivity contribution in [1.29, 1.82) is 0 Å². The van der Waals surface area contributed by atoms with Crippen LogP contribution >= 0.6 is 11.6 Å². The molecule has 20 heavy (non-hydrogen) atoms. The van der Waals surface area contributed by atoms with Gasteiger partial charge in [-0.1, -0.05) is 23.7 Å². The van der Waals surface area contributed by atoms with E-state index in [0.29, 0.717) is 10.8 Å². The van der Waals surface area contributed by atoms with E-state index in [1.807, 2.05) is 13.0 Å². The van der Waals surface area contributed by atoms with E-state index in [1.165, 1.54) is 12.1 Å². The Balaban J connectivity index is 2.26. The molecular formula is C13H14ClN3O2S. The average molecular weight is 312 g/mol. The van der Waals surface area contributed by atoms with E-state index in [1.54, 1.807) is 24.4 Å². The maximum atomic E-state index is 11.3. The predicted octanol–water partition coefficient (Wildman–Crippen LogP) is 2.56. The lowest BCUT2D eigenvalue weighted by atomic mass is 10.1. The number of hydrogen-bond acceptors (Lipinski definition) is 4. The molecule has 1 heterocycles. The lowest BCUT2D eigenvalue weighted by Crippen LogP contribution is -2.14. The second-order valence-corrected chi connectivity index (χ2v) is 6.29. The molecule has 0 bridgehead atoms. The number of anilines is 1. The van der Waals surface area contributed by atoms with Crippen LogP contribution in [-0.2, 0) is 10.0 Å². The average Bonchev–Trinajstić information content (AvgIpc) is 2.40. The Hall–Kier alpha value is -1.63. The molecule has 2 aromatic rings. The van der Waals surface area contributed by atoms with Gasteiger partial charge in [0.25, 0.3) is 0 Å². The van der Waals surface area contributed by atoms with Crippen LogP contribution in [0.15, 0.2) is 47.5 Å². The zero-order chi connectivity index (χ0) is 14.8. The van der Waals surface area contributed by atoms with Crippen LogP contribution < -0.4 is 10.5 Å². The summed E-state index contributed by atoms with van der Waals surface area (Å²) in [6.45, 7) is 1.88. The topological polar surface area (TPSA) is 85.1 Å². The van der Waals surface area contributed by atoms with Crippen LogP contribution in [0.4, 0.5) is 5.82 Å². The number of hydrogen-bond donors (Lipinski definition) is 2. The summed E-state index contributed by atoms with van der Waals surface area (Å²) in [5.41, 5.74) is 0.776. The fourth-order valence-corrected chi connectivity index (χ4v) is 2.49. The molecule has 5 nitrogen and oxygen atoms in total. The Morgan fingerprint density at radius 3 is 2.70 bits per heavy atom. The third-order valence-electron chi connectivity index (χ3n) is 2.80. The molecule has 1 atom stereocenters. The van der Waals surface area contributed by atoms with E-state index < -0.39 is 10.0 Å². The molecule has 2 rings (SSSR count). The monoisotopic (exact) mass is 311 g/mol. The third kappa shape index (κ3) is 3.47. The zero-order valence-electron chi connectivity index (χ0n) is 10.7. The van der Waals surface area contributed by atoms with Crippen molar-refractivity contribution in [1.82, 2.24) is 4.98 Å².